The van der Waals surface area contributed by atoms with Crippen LogP contribution in [0.5, 0.6) is 0 Å². The van der Waals surface area contributed by atoms with E-state index in [4.69, 9.17) is 5.26 Å². The maximum Gasteiger partial charge on any atom is 0.0992 e. The molecule has 2 rings (SSSR count). The van der Waals surface area contributed by atoms with Crippen LogP contribution in [0.3, 0.4) is 0 Å². The Balaban J connectivity index is 0.000000146. The quantitative estimate of drug-likeness (QED) is 0.628. The van der Waals surface area contributed by atoms with E-state index in [9.17, 15) is 0 Å². The first kappa shape index (κ1) is 9.87. The zero-order valence-electron chi connectivity index (χ0n) is 7.54. The Kier molecular flexibility index (Phi) is 4.46. The molecule has 0 saturated heterocycles. The molecule has 0 unspecified atom stereocenters. The summed E-state index contributed by atoms with van der Waals surface area (Å²) in [7, 11) is 0. The van der Waals surface area contributed by atoms with Crippen molar-refractivity contribution in [1.82, 2.24) is 9.97 Å². The van der Waals surface area contributed by atoms with Crippen LogP contribution in [0, 0.1) is 11.3 Å². The first-order valence-electron chi connectivity index (χ1n) is 4.08. The monoisotopic (exact) mass is 183 g/mol. The minimum Gasteiger partial charge on any atom is -0.265 e. The van der Waals surface area contributed by atoms with Gasteiger partial charge in [-0.05, 0) is 24.3 Å². The molecule has 0 aromatic carbocycles. The van der Waals surface area contributed by atoms with E-state index < -0.39 is 0 Å². The van der Waals surface area contributed by atoms with Crippen molar-refractivity contribution in [3.63, 3.8) is 0 Å². The van der Waals surface area contributed by atoms with E-state index >= 15 is 0 Å². The van der Waals surface area contributed by atoms with Gasteiger partial charge in [-0.3, -0.25) is 9.97 Å². The molecule has 0 aliphatic rings. The fraction of sp³-hybridized carbons (Fsp3) is 0. The van der Waals surface area contributed by atoms with Gasteiger partial charge in [-0.2, -0.15) is 5.26 Å². The van der Waals surface area contributed by atoms with E-state index in [1.165, 1.54) is 0 Å². The van der Waals surface area contributed by atoms with Crippen molar-refractivity contribution in [2.75, 3.05) is 0 Å². The fourth-order valence-electron chi connectivity index (χ4n) is 0.739. The molecule has 68 valence electrons. The summed E-state index contributed by atoms with van der Waals surface area (Å²) in [6.45, 7) is 0. The number of rotatable bonds is 0. The summed E-state index contributed by atoms with van der Waals surface area (Å²) in [5, 5.41) is 8.26. The van der Waals surface area contributed by atoms with Crippen LogP contribution in [0.1, 0.15) is 5.56 Å². The summed E-state index contributed by atoms with van der Waals surface area (Å²) < 4.78 is 0. The van der Waals surface area contributed by atoms with Gasteiger partial charge in [0.25, 0.3) is 0 Å². The van der Waals surface area contributed by atoms with Crippen molar-refractivity contribution in [1.29, 1.82) is 5.26 Å². The van der Waals surface area contributed by atoms with Crippen molar-refractivity contribution in [3.8, 4) is 6.07 Å². The molecule has 2 heterocycles. The maximum atomic E-state index is 8.26. The maximum absolute atomic E-state index is 8.26. The molecule has 2 aromatic rings. The van der Waals surface area contributed by atoms with E-state index in [2.05, 4.69) is 9.97 Å². The number of hydrogen-bond acceptors (Lipinski definition) is 3. The third kappa shape index (κ3) is 3.98. The molecule has 14 heavy (non-hydrogen) atoms. The molecule has 0 spiro atoms. The highest BCUT2D eigenvalue weighted by Gasteiger charge is 1.80. The first-order valence-corrected chi connectivity index (χ1v) is 4.08. The van der Waals surface area contributed by atoms with E-state index in [1.807, 2.05) is 24.3 Å². The second kappa shape index (κ2) is 6.32. The highest BCUT2D eigenvalue weighted by Crippen LogP contribution is 1.89. The average molecular weight is 183 g/mol. The standard InChI is InChI=1S/C6H4N2.C5H5N/c7-5-6-1-3-8-4-2-6;1-2-4-6-5-3-1/h1-4H;1-5H. The first-order chi connectivity index (χ1) is 6.93. The second-order valence-corrected chi connectivity index (χ2v) is 2.37. The SMILES string of the molecule is N#Cc1ccncc1.c1ccncc1. The Morgan fingerprint density at radius 2 is 1.43 bits per heavy atom. The lowest BCUT2D eigenvalue weighted by molar-refractivity contribution is 1.31. The Hall–Kier alpha value is -2.21. The Labute approximate surface area is 82.7 Å². The molecule has 3 nitrogen and oxygen atoms in total. The van der Waals surface area contributed by atoms with Crippen LogP contribution in [-0.2, 0) is 0 Å². The van der Waals surface area contributed by atoms with Gasteiger partial charge in [0.2, 0.25) is 0 Å². The number of hydrogen-bond donors (Lipinski definition) is 0. The summed E-state index contributed by atoms with van der Waals surface area (Å²) >= 11 is 0. The third-order valence-corrected chi connectivity index (χ3v) is 1.38. The van der Waals surface area contributed by atoms with Gasteiger partial charge >= 0.3 is 0 Å². The predicted octanol–water partition coefficient (Wildman–Crippen LogP) is 2.03. The molecule has 2 aromatic heterocycles. The molecule has 0 radical (unpaired) electrons. The Morgan fingerprint density at radius 3 is 1.71 bits per heavy atom. The van der Waals surface area contributed by atoms with Gasteiger partial charge < -0.3 is 0 Å². The molecule has 0 atom stereocenters. The number of pyridine rings is 2. The van der Waals surface area contributed by atoms with Crippen LogP contribution in [0.2, 0.25) is 0 Å². The lowest BCUT2D eigenvalue weighted by atomic mass is 10.3. The van der Waals surface area contributed by atoms with Gasteiger partial charge in [0.15, 0.2) is 0 Å². The van der Waals surface area contributed by atoms with Crippen molar-refractivity contribution in [3.05, 3.63) is 60.7 Å². The van der Waals surface area contributed by atoms with Crippen LogP contribution in [-0.4, -0.2) is 9.97 Å². The van der Waals surface area contributed by atoms with Gasteiger partial charge in [-0.25, -0.2) is 0 Å². The Bertz CT molecular complexity index is 352. The lowest BCUT2D eigenvalue weighted by Gasteiger charge is -1.79. The van der Waals surface area contributed by atoms with Crippen LogP contribution in [0.4, 0.5) is 0 Å². The second-order valence-electron chi connectivity index (χ2n) is 2.37. The van der Waals surface area contributed by atoms with Crippen LogP contribution >= 0.6 is 0 Å². The minimum absolute atomic E-state index is 0.653. The summed E-state index contributed by atoms with van der Waals surface area (Å²) in [4.78, 5) is 7.53. The number of nitriles is 1. The van der Waals surface area contributed by atoms with Crippen LogP contribution < -0.4 is 0 Å². The molecule has 0 saturated carbocycles. The molecule has 3 heteroatoms. The summed E-state index contributed by atoms with van der Waals surface area (Å²) in [5.41, 5.74) is 0.653. The van der Waals surface area contributed by atoms with E-state index in [0.717, 1.165) is 0 Å². The molecular formula is C11H9N3. The molecule has 0 fully saturated rings. The molecule has 0 aliphatic heterocycles. The molecule has 0 aliphatic carbocycles. The largest absolute Gasteiger partial charge is 0.265 e. The zero-order chi connectivity index (χ0) is 10.1. The van der Waals surface area contributed by atoms with E-state index in [-0.39, 0.29) is 0 Å². The normalized spacial score (nSPS) is 7.93. The van der Waals surface area contributed by atoms with Gasteiger partial charge in [-0.1, -0.05) is 6.07 Å². The minimum atomic E-state index is 0.653. The van der Waals surface area contributed by atoms with Crippen molar-refractivity contribution in [2.24, 2.45) is 0 Å². The van der Waals surface area contributed by atoms with E-state index in [0.29, 0.717) is 5.56 Å². The summed E-state index contributed by atoms with van der Waals surface area (Å²) in [6.07, 6.45) is 6.69. The van der Waals surface area contributed by atoms with Crippen molar-refractivity contribution in [2.45, 2.75) is 0 Å². The zero-order valence-corrected chi connectivity index (χ0v) is 7.54. The Morgan fingerprint density at radius 1 is 0.857 bits per heavy atom. The van der Waals surface area contributed by atoms with Gasteiger partial charge in [0.05, 0.1) is 11.6 Å². The topological polar surface area (TPSA) is 49.6 Å². The van der Waals surface area contributed by atoms with Gasteiger partial charge in [0.1, 0.15) is 0 Å². The van der Waals surface area contributed by atoms with E-state index in [1.54, 1.807) is 36.9 Å². The summed E-state index contributed by atoms with van der Waals surface area (Å²) in [5.74, 6) is 0. The average Bonchev–Trinajstić information content (AvgIpc) is 2.33. The van der Waals surface area contributed by atoms with Crippen molar-refractivity contribution < 1.29 is 0 Å². The summed E-state index contributed by atoms with van der Waals surface area (Å²) in [6, 6.07) is 11.0. The third-order valence-electron chi connectivity index (χ3n) is 1.38. The predicted molar refractivity (Wildman–Crippen MR) is 53.2 cm³/mol. The highest BCUT2D eigenvalue weighted by atomic mass is 14.6. The van der Waals surface area contributed by atoms with Crippen molar-refractivity contribution >= 4 is 0 Å². The number of nitrogens with zero attached hydrogens (tertiary/aromatic N) is 3. The molecule has 0 N–H and O–H groups in total. The molecule has 0 bridgehead atoms. The molecule has 0 amide bonds. The smallest absolute Gasteiger partial charge is 0.0992 e. The van der Waals surface area contributed by atoms with Gasteiger partial charge in [0, 0.05) is 24.8 Å². The van der Waals surface area contributed by atoms with Gasteiger partial charge in [-0.15, -0.1) is 0 Å². The lowest BCUT2D eigenvalue weighted by Crippen LogP contribution is -1.71. The molecular weight excluding hydrogens is 174 g/mol. The fourth-order valence-corrected chi connectivity index (χ4v) is 0.739. The highest BCUT2D eigenvalue weighted by molar-refractivity contribution is 5.24. The number of aromatic nitrogens is 2. The van der Waals surface area contributed by atoms with Crippen LogP contribution in [0.25, 0.3) is 0 Å². The van der Waals surface area contributed by atoms with Crippen LogP contribution in [0.15, 0.2) is 55.1 Å².